The highest BCUT2D eigenvalue weighted by molar-refractivity contribution is 5.87. The van der Waals surface area contributed by atoms with Crippen LogP contribution in [0.1, 0.15) is 18.1 Å². The standard InChI is InChI=1S/C12H14O3/c1-3-15-12(14)7-5-10-8-9(2)4-6-11(10)13/h4-8,13H,3H2,1-2H3/b7-5+. The van der Waals surface area contributed by atoms with Crippen molar-refractivity contribution >= 4 is 12.0 Å². The average molecular weight is 206 g/mol. The van der Waals surface area contributed by atoms with E-state index in [0.717, 1.165) is 5.56 Å². The van der Waals surface area contributed by atoms with Gasteiger partial charge in [0.25, 0.3) is 0 Å². The summed E-state index contributed by atoms with van der Waals surface area (Å²) in [5.74, 6) is -0.250. The number of hydrogen-bond acceptors (Lipinski definition) is 3. The minimum atomic E-state index is -0.404. The number of ether oxygens (including phenoxy) is 1. The molecule has 0 radical (unpaired) electrons. The summed E-state index contributed by atoms with van der Waals surface area (Å²) in [7, 11) is 0. The first kappa shape index (κ1) is 11.3. The third kappa shape index (κ3) is 3.46. The quantitative estimate of drug-likeness (QED) is 0.609. The number of phenolic OH excluding ortho intramolecular Hbond substituents is 1. The second-order valence-electron chi connectivity index (χ2n) is 3.15. The maximum absolute atomic E-state index is 11.0. The van der Waals surface area contributed by atoms with Gasteiger partial charge in [0.15, 0.2) is 0 Å². The van der Waals surface area contributed by atoms with E-state index in [1.165, 1.54) is 6.08 Å². The fourth-order valence-corrected chi connectivity index (χ4v) is 1.16. The Morgan fingerprint density at radius 3 is 2.93 bits per heavy atom. The fraction of sp³-hybridized carbons (Fsp3) is 0.250. The molecule has 0 amide bonds. The van der Waals surface area contributed by atoms with Crippen LogP contribution in [0.15, 0.2) is 24.3 Å². The van der Waals surface area contributed by atoms with Crippen molar-refractivity contribution in [2.45, 2.75) is 13.8 Å². The lowest BCUT2D eigenvalue weighted by molar-refractivity contribution is -0.137. The number of carbonyl (C=O) groups is 1. The van der Waals surface area contributed by atoms with Crippen molar-refractivity contribution in [3.63, 3.8) is 0 Å². The van der Waals surface area contributed by atoms with Crippen LogP contribution in [0.4, 0.5) is 0 Å². The largest absolute Gasteiger partial charge is 0.507 e. The Hall–Kier alpha value is -1.77. The molecule has 3 heteroatoms. The van der Waals surface area contributed by atoms with Crippen LogP contribution in [-0.2, 0) is 9.53 Å². The van der Waals surface area contributed by atoms with Crippen molar-refractivity contribution in [2.75, 3.05) is 6.61 Å². The van der Waals surface area contributed by atoms with Gasteiger partial charge in [-0.15, -0.1) is 0 Å². The van der Waals surface area contributed by atoms with E-state index in [1.54, 1.807) is 31.2 Å². The molecule has 0 aliphatic carbocycles. The summed E-state index contributed by atoms with van der Waals surface area (Å²) in [5, 5.41) is 9.47. The van der Waals surface area contributed by atoms with Crippen LogP contribution in [0.25, 0.3) is 6.08 Å². The maximum atomic E-state index is 11.0. The Morgan fingerprint density at radius 1 is 1.53 bits per heavy atom. The van der Waals surface area contributed by atoms with Crippen LogP contribution in [0.5, 0.6) is 5.75 Å². The Bertz CT molecular complexity index is 380. The number of phenols is 1. The van der Waals surface area contributed by atoms with E-state index in [1.807, 2.05) is 6.92 Å². The minimum absolute atomic E-state index is 0.154. The van der Waals surface area contributed by atoms with Crippen molar-refractivity contribution in [3.8, 4) is 5.75 Å². The van der Waals surface area contributed by atoms with Crippen molar-refractivity contribution in [3.05, 3.63) is 35.4 Å². The summed E-state index contributed by atoms with van der Waals surface area (Å²) >= 11 is 0. The van der Waals surface area contributed by atoms with Gasteiger partial charge in [-0.2, -0.15) is 0 Å². The van der Waals surface area contributed by atoms with Crippen LogP contribution in [0.2, 0.25) is 0 Å². The second-order valence-corrected chi connectivity index (χ2v) is 3.15. The Labute approximate surface area is 89.0 Å². The second kappa shape index (κ2) is 5.20. The zero-order valence-corrected chi connectivity index (χ0v) is 8.86. The highest BCUT2D eigenvalue weighted by atomic mass is 16.5. The van der Waals surface area contributed by atoms with E-state index in [2.05, 4.69) is 0 Å². The number of carbonyl (C=O) groups excluding carboxylic acids is 1. The van der Waals surface area contributed by atoms with E-state index in [0.29, 0.717) is 12.2 Å². The van der Waals surface area contributed by atoms with Crippen LogP contribution in [0.3, 0.4) is 0 Å². The van der Waals surface area contributed by atoms with Gasteiger partial charge >= 0.3 is 5.97 Å². The topological polar surface area (TPSA) is 46.5 Å². The first-order valence-corrected chi connectivity index (χ1v) is 4.78. The van der Waals surface area contributed by atoms with Crippen molar-refractivity contribution in [1.82, 2.24) is 0 Å². The zero-order chi connectivity index (χ0) is 11.3. The van der Waals surface area contributed by atoms with Crippen LogP contribution < -0.4 is 0 Å². The number of hydrogen-bond donors (Lipinski definition) is 1. The summed E-state index contributed by atoms with van der Waals surface area (Å²) in [4.78, 5) is 11.0. The first-order valence-electron chi connectivity index (χ1n) is 4.78. The predicted octanol–water partition coefficient (Wildman–Crippen LogP) is 2.28. The van der Waals surface area contributed by atoms with E-state index in [9.17, 15) is 9.90 Å². The van der Waals surface area contributed by atoms with Gasteiger partial charge in [0.05, 0.1) is 6.61 Å². The Morgan fingerprint density at radius 2 is 2.27 bits per heavy atom. The molecular formula is C12H14O3. The molecule has 0 bridgehead atoms. The Balaban J connectivity index is 2.79. The molecule has 0 aromatic heterocycles. The molecule has 1 N–H and O–H groups in total. The lowest BCUT2D eigenvalue weighted by atomic mass is 10.1. The molecule has 0 heterocycles. The van der Waals surface area contributed by atoms with Gasteiger partial charge in [0, 0.05) is 11.6 Å². The molecule has 0 aliphatic heterocycles. The van der Waals surface area contributed by atoms with E-state index in [4.69, 9.17) is 4.74 Å². The number of benzene rings is 1. The van der Waals surface area contributed by atoms with Crippen LogP contribution >= 0.6 is 0 Å². The SMILES string of the molecule is CCOC(=O)/C=C/c1cc(C)ccc1O. The highest BCUT2D eigenvalue weighted by Gasteiger charge is 1.99. The lowest BCUT2D eigenvalue weighted by Gasteiger charge is -2.00. The van der Waals surface area contributed by atoms with Gasteiger partial charge in [-0.1, -0.05) is 11.6 Å². The molecule has 1 aromatic carbocycles. The van der Waals surface area contributed by atoms with Gasteiger partial charge in [-0.3, -0.25) is 0 Å². The van der Waals surface area contributed by atoms with Gasteiger partial charge in [-0.05, 0) is 32.1 Å². The number of rotatable bonds is 3. The van der Waals surface area contributed by atoms with Gasteiger partial charge in [-0.25, -0.2) is 4.79 Å². The molecule has 80 valence electrons. The molecule has 1 aromatic rings. The zero-order valence-electron chi connectivity index (χ0n) is 8.86. The third-order valence-electron chi connectivity index (χ3n) is 1.87. The van der Waals surface area contributed by atoms with E-state index < -0.39 is 5.97 Å². The summed E-state index contributed by atoms with van der Waals surface area (Å²) < 4.78 is 4.73. The molecule has 0 saturated heterocycles. The normalized spacial score (nSPS) is 10.5. The molecule has 3 nitrogen and oxygen atoms in total. The highest BCUT2D eigenvalue weighted by Crippen LogP contribution is 2.19. The van der Waals surface area contributed by atoms with E-state index in [-0.39, 0.29) is 5.75 Å². The molecule has 0 atom stereocenters. The van der Waals surface area contributed by atoms with Crippen molar-refractivity contribution < 1.29 is 14.6 Å². The summed E-state index contributed by atoms with van der Waals surface area (Å²) in [6, 6.07) is 5.20. The van der Waals surface area contributed by atoms with Crippen molar-refractivity contribution in [1.29, 1.82) is 0 Å². The lowest BCUT2D eigenvalue weighted by Crippen LogP contribution is -1.98. The first-order chi connectivity index (χ1) is 7.13. The molecule has 0 aliphatic rings. The molecule has 0 unspecified atom stereocenters. The molecule has 15 heavy (non-hydrogen) atoms. The number of esters is 1. The molecule has 0 fully saturated rings. The summed E-state index contributed by atoms with van der Waals surface area (Å²) in [6.07, 6.45) is 2.85. The van der Waals surface area contributed by atoms with Gasteiger partial charge in [0.1, 0.15) is 5.75 Å². The smallest absolute Gasteiger partial charge is 0.330 e. The molecule has 0 spiro atoms. The van der Waals surface area contributed by atoms with E-state index >= 15 is 0 Å². The molecule has 1 rings (SSSR count). The fourth-order valence-electron chi connectivity index (χ4n) is 1.16. The van der Waals surface area contributed by atoms with Crippen LogP contribution in [0, 0.1) is 6.92 Å². The number of aryl methyl sites for hydroxylation is 1. The van der Waals surface area contributed by atoms with Crippen molar-refractivity contribution in [2.24, 2.45) is 0 Å². The van der Waals surface area contributed by atoms with Gasteiger partial charge in [0.2, 0.25) is 0 Å². The maximum Gasteiger partial charge on any atom is 0.330 e. The summed E-state index contributed by atoms with van der Waals surface area (Å²) in [5.41, 5.74) is 1.64. The predicted molar refractivity (Wildman–Crippen MR) is 58.5 cm³/mol. The Kier molecular flexibility index (Phi) is 3.92. The third-order valence-corrected chi connectivity index (χ3v) is 1.87. The van der Waals surface area contributed by atoms with Crippen LogP contribution in [-0.4, -0.2) is 17.7 Å². The average Bonchev–Trinajstić information content (AvgIpc) is 2.20. The number of aromatic hydroxyl groups is 1. The summed E-state index contributed by atoms with van der Waals surface area (Å²) in [6.45, 7) is 4.01. The minimum Gasteiger partial charge on any atom is -0.507 e. The molecular weight excluding hydrogens is 192 g/mol. The monoisotopic (exact) mass is 206 g/mol. The van der Waals surface area contributed by atoms with Gasteiger partial charge < -0.3 is 9.84 Å². The molecule has 0 saturated carbocycles.